The number of hydrogen-bond donors (Lipinski definition) is 1. The summed E-state index contributed by atoms with van der Waals surface area (Å²) in [4.78, 5) is 28.1. The molecule has 1 aromatic heterocycles. The molecule has 0 spiro atoms. The quantitative estimate of drug-likeness (QED) is 0.535. The number of fused-ring (bicyclic) bond motifs is 1. The van der Waals surface area contributed by atoms with Gasteiger partial charge >= 0.3 is 0 Å². The molecule has 0 aliphatic heterocycles. The van der Waals surface area contributed by atoms with Crippen LogP contribution in [0.15, 0.2) is 48.5 Å². The van der Waals surface area contributed by atoms with E-state index in [-0.39, 0.29) is 29.3 Å². The number of hydrogen-bond acceptors (Lipinski definition) is 3. The lowest BCUT2D eigenvalue weighted by atomic mass is 9.92. The average Bonchev–Trinajstić information content (AvgIpc) is 3.17. The Labute approximate surface area is 197 Å². The van der Waals surface area contributed by atoms with Crippen LogP contribution in [0.1, 0.15) is 70.9 Å². The van der Waals surface area contributed by atoms with E-state index >= 15 is 0 Å². The normalized spacial score (nSPS) is 12.1. The van der Waals surface area contributed by atoms with Crippen molar-refractivity contribution in [3.8, 4) is 0 Å². The highest BCUT2D eigenvalue weighted by atomic mass is 16.2. The first-order valence-corrected chi connectivity index (χ1v) is 11.6. The van der Waals surface area contributed by atoms with Gasteiger partial charge in [-0.25, -0.2) is 4.68 Å². The second-order valence-electron chi connectivity index (χ2n) is 10.5. The predicted molar refractivity (Wildman–Crippen MR) is 135 cm³/mol. The van der Waals surface area contributed by atoms with E-state index in [9.17, 15) is 9.59 Å². The fraction of sp³-hybridized carbons (Fsp3) is 0.444. The lowest BCUT2D eigenvalue weighted by Gasteiger charge is -2.25. The summed E-state index contributed by atoms with van der Waals surface area (Å²) < 4.78 is 1.85. The summed E-state index contributed by atoms with van der Waals surface area (Å²) in [6, 6.07) is 15.5. The topological polar surface area (TPSA) is 67.2 Å². The van der Waals surface area contributed by atoms with Gasteiger partial charge in [0.25, 0.3) is 5.91 Å². The number of benzene rings is 2. The van der Waals surface area contributed by atoms with E-state index in [2.05, 4.69) is 46.9 Å². The first-order chi connectivity index (χ1) is 15.4. The Balaban J connectivity index is 1.86. The number of nitrogens with zero attached hydrogens (tertiary/aromatic N) is 3. The predicted octanol–water partition coefficient (Wildman–Crippen LogP) is 5.58. The maximum absolute atomic E-state index is 13.4. The third-order valence-electron chi connectivity index (χ3n) is 5.52. The van der Waals surface area contributed by atoms with Crippen LogP contribution >= 0.6 is 0 Å². The van der Waals surface area contributed by atoms with Gasteiger partial charge in [0.1, 0.15) is 12.4 Å². The molecule has 0 radical (unpaired) electrons. The first-order valence-electron chi connectivity index (χ1n) is 11.6. The van der Waals surface area contributed by atoms with Gasteiger partial charge in [-0.15, -0.1) is 0 Å². The highest BCUT2D eigenvalue weighted by Gasteiger charge is 2.27. The van der Waals surface area contributed by atoms with E-state index in [1.807, 2.05) is 60.1 Å². The van der Waals surface area contributed by atoms with E-state index in [1.165, 1.54) is 0 Å². The van der Waals surface area contributed by atoms with E-state index in [0.717, 1.165) is 22.9 Å². The second-order valence-corrected chi connectivity index (χ2v) is 10.5. The lowest BCUT2D eigenvalue weighted by molar-refractivity contribution is -0.117. The molecule has 2 amide bonds. The molecule has 0 saturated heterocycles. The molecule has 0 aliphatic carbocycles. The Kier molecular flexibility index (Phi) is 6.96. The highest BCUT2D eigenvalue weighted by Crippen LogP contribution is 2.28. The molecule has 6 heteroatoms. The molecule has 0 saturated carbocycles. The van der Waals surface area contributed by atoms with Crippen LogP contribution < -0.4 is 5.32 Å². The van der Waals surface area contributed by atoms with Gasteiger partial charge in [-0.1, -0.05) is 64.1 Å². The van der Waals surface area contributed by atoms with Crippen LogP contribution in [0.2, 0.25) is 0 Å². The molecular formula is C27H36N4O2. The monoisotopic (exact) mass is 448 g/mol. The molecular weight excluding hydrogens is 412 g/mol. The highest BCUT2D eigenvalue weighted by molar-refractivity contribution is 6.08. The molecule has 0 fully saturated rings. The summed E-state index contributed by atoms with van der Waals surface area (Å²) in [5, 5.41) is 9.67. The van der Waals surface area contributed by atoms with Crippen LogP contribution in [0.25, 0.3) is 10.8 Å². The van der Waals surface area contributed by atoms with Crippen molar-refractivity contribution in [2.75, 3.05) is 18.4 Å². The van der Waals surface area contributed by atoms with Crippen LogP contribution in [0.3, 0.4) is 0 Å². The Bertz CT molecular complexity index is 1140. The van der Waals surface area contributed by atoms with E-state index in [1.54, 1.807) is 4.90 Å². The third-order valence-corrected chi connectivity index (χ3v) is 5.52. The Hall–Kier alpha value is -3.15. The Morgan fingerprint density at radius 1 is 1.00 bits per heavy atom. The maximum atomic E-state index is 13.4. The van der Waals surface area contributed by atoms with Crippen molar-refractivity contribution in [3.63, 3.8) is 0 Å². The number of anilines is 1. The van der Waals surface area contributed by atoms with E-state index in [0.29, 0.717) is 17.9 Å². The zero-order valence-corrected chi connectivity index (χ0v) is 20.9. The van der Waals surface area contributed by atoms with Gasteiger partial charge in [0.15, 0.2) is 0 Å². The zero-order chi connectivity index (χ0) is 24.4. The van der Waals surface area contributed by atoms with Crippen LogP contribution in [-0.4, -0.2) is 39.6 Å². The molecule has 3 rings (SSSR count). The summed E-state index contributed by atoms with van der Waals surface area (Å²) in [5.74, 6) is 0.276. The second kappa shape index (κ2) is 9.38. The largest absolute Gasteiger partial charge is 0.329 e. The minimum Gasteiger partial charge on any atom is -0.329 e. The molecule has 6 nitrogen and oxygen atoms in total. The summed E-state index contributed by atoms with van der Waals surface area (Å²) in [7, 11) is 0. The van der Waals surface area contributed by atoms with Crippen LogP contribution in [0.4, 0.5) is 5.82 Å². The van der Waals surface area contributed by atoms with Crippen molar-refractivity contribution in [1.29, 1.82) is 0 Å². The molecule has 0 aliphatic rings. The fourth-order valence-electron chi connectivity index (χ4n) is 3.81. The van der Waals surface area contributed by atoms with Gasteiger partial charge in [-0.2, -0.15) is 5.10 Å². The van der Waals surface area contributed by atoms with Crippen molar-refractivity contribution in [1.82, 2.24) is 14.7 Å². The SMILES string of the molecule is CCCN(CC(=O)Nc1cc(C(C)(C)C)nn1C(C)(C)C)C(=O)c1cccc2ccccc12. The first kappa shape index (κ1) is 24.5. The molecule has 0 bridgehead atoms. The minimum absolute atomic E-state index is 0.0178. The van der Waals surface area contributed by atoms with Crippen LogP contribution in [-0.2, 0) is 15.7 Å². The molecule has 1 N–H and O–H groups in total. The van der Waals surface area contributed by atoms with Gasteiger partial charge in [-0.3, -0.25) is 9.59 Å². The molecule has 3 aromatic rings. The number of rotatable bonds is 6. The molecule has 176 valence electrons. The molecule has 2 aromatic carbocycles. The Morgan fingerprint density at radius 2 is 1.67 bits per heavy atom. The number of amides is 2. The summed E-state index contributed by atoms with van der Waals surface area (Å²) in [5.41, 5.74) is 1.08. The number of aromatic nitrogens is 2. The molecule has 0 unspecified atom stereocenters. The fourth-order valence-corrected chi connectivity index (χ4v) is 3.81. The van der Waals surface area contributed by atoms with Crippen molar-refractivity contribution >= 4 is 28.4 Å². The maximum Gasteiger partial charge on any atom is 0.254 e. The summed E-state index contributed by atoms with van der Waals surface area (Å²) in [6.07, 6.45) is 0.762. The van der Waals surface area contributed by atoms with Crippen LogP contribution in [0.5, 0.6) is 0 Å². The van der Waals surface area contributed by atoms with Crippen LogP contribution in [0, 0.1) is 0 Å². The van der Waals surface area contributed by atoms with Crippen molar-refractivity contribution in [2.24, 2.45) is 0 Å². The number of carbonyl (C=O) groups is 2. The minimum atomic E-state index is -0.298. The van der Waals surface area contributed by atoms with E-state index < -0.39 is 0 Å². The smallest absolute Gasteiger partial charge is 0.254 e. The standard InChI is InChI=1S/C27H36N4O2/c1-8-16-30(25(33)21-15-11-13-19-12-9-10-14-20(19)21)18-24(32)28-23-17-22(26(2,3)4)29-31(23)27(5,6)7/h9-15,17H,8,16,18H2,1-7H3,(H,28,32). The lowest BCUT2D eigenvalue weighted by Crippen LogP contribution is -2.39. The van der Waals surface area contributed by atoms with Crippen molar-refractivity contribution < 1.29 is 9.59 Å². The van der Waals surface area contributed by atoms with Gasteiger partial charge < -0.3 is 10.2 Å². The number of carbonyl (C=O) groups excluding carboxylic acids is 2. The molecule has 33 heavy (non-hydrogen) atoms. The molecule has 0 atom stereocenters. The third kappa shape index (κ3) is 5.62. The average molecular weight is 449 g/mol. The van der Waals surface area contributed by atoms with Gasteiger partial charge in [-0.05, 0) is 44.0 Å². The Morgan fingerprint density at radius 3 is 2.30 bits per heavy atom. The molecule has 1 heterocycles. The van der Waals surface area contributed by atoms with Gasteiger partial charge in [0.05, 0.1) is 11.2 Å². The van der Waals surface area contributed by atoms with Gasteiger partial charge in [0, 0.05) is 23.6 Å². The number of nitrogens with one attached hydrogen (secondary N) is 1. The van der Waals surface area contributed by atoms with Gasteiger partial charge in [0.2, 0.25) is 5.91 Å². The summed E-state index contributed by atoms with van der Waals surface area (Å²) >= 11 is 0. The van der Waals surface area contributed by atoms with E-state index in [4.69, 9.17) is 5.10 Å². The van der Waals surface area contributed by atoms with Crippen molar-refractivity contribution in [2.45, 2.75) is 65.8 Å². The zero-order valence-electron chi connectivity index (χ0n) is 20.9. The summed E-state index contributed by atoms with van der Waals surface area (Å²) in [6.45, 7) is 14.9. The van der Waals surface area contributed by atoms with Crippen molar-refractivity contribution in [3.05, 3.63) is 59.8 Å².